The standard InChI is InChI=1S/C15H15N5O/c16-9-15(4-1-5-15)14-19-13(20-21-14)10-2-3-11-12(8-10)18-7-6-17-11/h2-3,6-8H,1,4-5,9,16H2. The fourth-order valence-electron chi connectivity index (χ4n) is 2.77. The molecular weight excluding hydrogens is 266 g/mol. The summed E-state index contributed by atoms with van der Waals surface area (Å²) in [6, 6.07) is 5.77. The third kappa shape index (κ3) is 1.91. The molecule has 2 aromatic heterocycles. The predicted octanol–water partition coefficient (Wildman–Crippen LogP) is 2.06. The molecule has 2 heterocycles. The zero-order chi connectivity index (χ0) is 14.3. The molecule has 21 heavy (non-hydrogen) atoms. The molecule has 1 fully saturated rings. The molecule has 0 saturated heterocycles. The van der Waals surface area contributed by atoms with E-state index in [2.05, 4.69) is 20.1 Å². The molecule has 0 spiro atoms. The minimum atomic E-state index is -0.109. The molecule has 0 unspecified atom stereocenters. The molecule has 0 atom stereocenters. The summed E-state index contributed by atoms with van der Waals surface area (Å²) in [7, 11) is 0. The van der Waals surface area contributed by atoms with Gasteiger partial charge in [0.25, 0.3) is 0 Å². The molecule has 6 heteroatoms. The maximum atomic E-state index is 5.88. The Hall–Kier alpha value is -2.34. The molecule has 6 nitrogen and oxygen atoms in total. The number of nitrogens with zero attached hydrogens (tertiary/aromatic N) is 4. The lowest BCUT2D eigenvalue weighted by Gasteiger charge is -2.36. The van der Waals surface area contributed by atoms with Crippen LogP contribution in [0.25, 0.3) is 22.4 Å². The summed E-state index contributed by atoms with van der Waals surface area (Å²) in [6.45, 7) is 0.553. The number of fused-ring (bicyclic) bond motifs is 1. The van der Waals surface area contributed by atoms with E-state index in [1.807, 2.05) is 18.2 Å². The van der Waals surface area contributed by atoms with Gasteiger partial charge in [0.1, 0.15) is 0 Å². The summed E-state index contributed by atoms with van der Waals surface area (Å²) in [5.41, 5.74) is 8.31. The van der Waals surface area contributed by atoms with Gasteiger partial charge in [0.2, 0.25) is 11.7 Å². The fraction of sp³-hybridized carbons (Fsp3) is 0.333. The first-order chi connectivity index (χ1) is 10.3. The number of benzene rings is 1. The molecule has 4 rings (SSSR count). The van der Waals surface area contributed by atoms with Crippen molar-refractivity contribution in [3.8, 4) is 11.4 Å². The van der Waals surface area contributed by atoms with Crippen molar-refractivity contribution in [3.05, 3.63) is 36.5 Å². The van der Waals surface area contributed by atoms with Crippen LogP contribution in [0.4, 0.5) is 0 Å². The minimum Gasteiger partial charge on any atom is -0.338 e. The molecule has 106 valence electrons. The van der Waals surface area contributed by atoms with Gasteiger partial charge in [0, 0.05) is 24.5 Å². The second-order valence-electron chi connectivity index (χ2n) is 5.52. The molecule has 2 N–H and O–H groups in total. The summed E-state index contributed by atoms with van der Waals surface area (Å²) in [5.74, 6) is 1.24. The molecular formula is C15H15N5O. The Bertz CT molecular complexity index is 788. The minimum absolute atomic E-state index is 0.109. The molecule has 1 saturated carbocycles. The average molecular weight is 281 g/mol. The SMILES string of the molecule is NCC1(c2nc(-c3ccc4nccnc4c3)no2)CCC1. The number of rotatable bonds is 3. The number of nitrogens with two attached hydrogens (primary N) is 1. The van der Waals surface area contributed by atoms with Gasteiger partial charge in [0.15, 0.2) is 0 Å². The normalized spacial score (nSPS) is 16.8. The topological polar surface area (TPSA) is 90.7 Å². The summed E-state index contributed by atoms with van der Waals surface area (Å²) in [5, 5.41) is 4.10. The van der Waals surface area contributed by atoms with Crippen molar-refractivity contribution in [1.29, 1.82) is 0 Å². The van der Waals surface area contributed by atoms with Crippen molar-refractivity contribution in [2.75, 3.05) is 6.54 Å². The molecule has 0 amide bonds. The van der Waals surface area contributed by atoms with Crippen LogP contribution in [0.2, 0.25) is 0 Å². The van der Waals surface area contributed by atoms with Crippen LogP contribution in [0.1, 0.15) is 25.2 Å². The first-order valence-corrected chi connectivity index (χ1v) is 7.06. The van der Waals surface area contributed by atoms with Crippen LogP contribution in [0.3, 0.4) is 0 Å². The quantitative estimate of drug-likeness (QED) is 0.790. The molecule has 1 aliphatic rings. The largest absolute Gasteiger partial charge is 0.338 e. The van der Waals surface area contributed by atoms with Crippen molar-refractivity contribution < 1.29 is 4.52 Å². The van der Waals surface area contributed by atoms with E-state index in [1.54, 1.807) is 12.4 Å². The Morgan fingerprint density at radius 2 is 1.95 bits per heavy atom. The number of hydrogen-bond acceptors (Lipinski definition) is 6. The lowest BCUT2D eigenvalue weighted by molar-refractivity contribution is 0.182. The summed E-state index contributed by atoms with van der Waals surface area (Å²) in [6.07, 6.45) is 6.56. The van der Waals surface area contributed by atoms with Gasteiger partial charge in [-0.2, -0.15) is 4.98 Å². The van der Waals surface area contributed by atoms with Crippen LogP contribution < -0.4 is 5.73 Å². The first-order valence-electron chi connectivity index (χ1n) is 7.06. The second kappa shape index (κ2) is 4.60. The van der Waals surface area contributed by atoms with Crippen molar-refractivity contribution >= 4 is 11.0 Å². The molecule has 1 aliphatic carbocycles. The Labute approximate surface area is 121 Å². The first kappa shape index (κ1) is 12.4. The summed E-state index contributed by atoms with van der Waals surface area (Å²) in [4.78, 5) is 13.1. The molecule has 0 radical (unpaired) electrons. The Morgan fingerprint density at radius 1 is 1.14 bits per heavy atom. The average Bonchev–Trinajstić information content (AvgIpc) is 2.96. The zero-order valence-electron chi connectivity index (χ0n) is 11.5. The van der Waals surface area contributed by atoms with Crippen LogP contribution in [0.5, 0.6) is 0 Å². The van der Waals surface area contributed by atoms with Gasteiger partial charge in [-0.05, 0) is 31.0 Å². The smallest absolute Gasteiger partial charge is 0.234 e. The Kier molecular flexibility index (Phi) is 2.71. The maximum Gasteiger partial charge on any atom is 0.234 e. The maximum absolute atomic E-state index is 5.88. The van der Waals surface area contributed by atoms with Crippen LogP contribution in [0.15, 0.2) is 35.1 Å². The van der Waals surface area contributed by atoms with Gasteiger partial charge in [0.05, 0.1) is 16.4 Å². The highest BCUT2D eigenvalue weighted by atomic mass is 16.5. The van der Waals surface area contributed by atoms with E-state index >= 15 is 0 Å². The third-order valence-corrected chi connectivity index (χ3v) is 4.31. The number of hydrogen-bond donors (Lipinski definition) is 1. The van der Waals surface area contributed by atoms with Crippen LogP contribution in [0, 0.1) is 0 Å². The van der Waals surface area contributed by atoms with Crippen LogP contribution in [-0.2, 0) is 5.41 Å². The Morgan fingerprint density at radius 3 is 2.67 bits per heavy atom. The van der Waals surface area contributed by atoms with Crippen LogP contribution in [-0.4, -0.2) is 26.7 Å². The van der Waals surface area contributed by atoms with E-state index in [9.17, 15) is 0 Å². The third-order valence-electron chi connectivity index (χ3n) is 4.31. The van der Waals surface area contributed by atoms with Gasteiger partial charge in [-0.3, -0.25) is 9.97 Å². The highest BCUT2D eigenvalue weighted by Gasteiger charge is 2.42. The lowest BCUT2D eigenvalue weighted by atomic mass is 9.69. The van der Waals surface area contributed by atoms with E-state index < -0.39 is 0 Å². The van der Waals surface area contributed by atoms with Gasteiger partial charge < -0.3 is 10.3 Å². The van der Waals surface area contributed by atoms with Crippen molar-refractivity contribution in [2.24, 2.45) is 5.73 Å². The second-order valence-corrected chi connectivity index (χ2v) is 5.52. The molecule has 0 aliphatic heterocycles. The Balaban J connectivity index is 1.74. The summed E-state index contributed by atoms with van der Waals surface area (Å²) >= 11 is 0. The fourth-order valence-corrected chi connectivity index (χ4v) is 2.77. The van der Waals surface area contributed by atoms with Gasteiger partial charge >= 0.3 is 0 Å². The van der Waals surface area contributed by atoms with Crippen molar-refractivity contribution in [3.63, 3.8) is 0 Å². The van der Waals surface area contributed by atoms with Gasteiger partial charge in [-0.25, -0.2) is 0 Å². The molecule has 0 bridgehead atoms. The molecule has 3 aromatic rings. The van der Waals surface area contributed by atoms with Crippen LogP contribution >= 0.6 is 0 Å². The highest BCUT2D eigenvalue weighted by Crippen LogP contribution is 2.42. The van der Waals surface area contributed by atoms with Gasteiger partial charge in [-0.1, -0.05) is 11.6 Å². The highest BCUT2D eigenvalue weighted by molar-refractivity contribution is 5.79. The van der Waals surface area contributed by atoms with E-state index in [4.69, 9.17) is 10.3 Å². The van der Waals surface area contributed by atoms with E-state index in [0.717, 1.165) is 29.4 Å². The predicted molar refractivity (Wildman–Crippen MR) is 77.4 cm³/mol. The van der Waals surface area contributed by atoms with Crippen molar-refractivity contribution in [1.82, 2.24) is 20.1 Å². The van der Waals surface area contributed by atoms with E-state index in [-0.39, 0.29) is 5.41 Å². The van der Waals surface area contributed by atoms with E-state index in [0.29, 0.717) is 18.3 Å². The van der Waals surface area contributed by atoms with Crippen molar-refractivity contribution in [2.45, 2.75) is 24.7 Å². The molecule has 1 aromatic carbocycles. The van der Waals surface area contributed by atoms with E-state index in [1.165, 1.54) is 6.42 Å². The summed E-state index contributed by atoms with van der Waals surface area (Å²) < 4.78 is 5.45. The lowest BCUT2D eigenvalue weighted by Crippen LogP contribution is -2.41. The van der Waals surface area contributed by atoms with Gasteiger partial charge in [-0.15, -0.1) is 0 Å². The number of aromatic nitrogens is 4. The zero-order valence-corrected chi connectivity index (χ0v) is 11.5. The monoisotopic (exact) mass is 281 g/mol.